The number of terminal acetylenes is 1. The van der Waals surface area contributed by atoms with E-state index in [0.717, 1.165) is 51.4 Å². The molecule has 0 amide bonds. The van der Waals surface area contributed by atoms with Gasteiger partial charge in [-0.15, -0.1) is 6.42 Å². The van der Waals surface area contributed by atoms with Gasteiger partial charge in [0, 0.05) is 0 Å². The highest BCUT2D eigenvalue weighted by atomic mass is 16.3. The summed E-state index contributed by atoms with van der Waals surface area (Å²) in [5.74, 6) is 4.86. The van der Waals surface area contributed by atoms with Gasteiger partial charge < -0.3 is 10.2 Å². The van der Waals surface area contributed by atoms with Gasteiger partial charge in [-0.3, -0.25) is 0 Å². The molecule has 4 aliphatic carbocycles. The molecule has 3 saturated carbocycles. The third-order valence-electron chi connectivity index (χ3n) is 7.82. The van der Waals surface area contributed by atoms with Crippen molar-refractivity contribution >= 4 is 0 Å². The maximum absolute atomic E-state index is 10.5. The summed E-state index contributed by atoms with van der Waals surface area (Å²) in [6.45, 7) is 2.43. The first-order valence-electron chi connectivity index (χ1n) is 9.04. The van der Waals surface area contributed by atoms with Gasteiger partial charge in [0.25, 0.3) is 0 Å². The Kier molecular flexibility index (Phi) is 3.26. The van der Waals surface area contributed by atoms with Crippen LogP contribution >= 0.6 is 0 Å². The van der Waals surface area contributed by atoms with E-state index >= 15 is 0 Å². The Balaban J connectivity index is 1.70. The van der Waals surface area contributed by atoms with Gasteiger partial charge in [0.1, 0.15) is 0 Å². The van der Waals surface area contributed by atoms with Crippen LogP contribution in [0.3, 0.4) is 0 Å². The lowest BCUT2D eigenvalue weighted by molar-refractivity contribution is -0.0519. The molecule has 2 nitrogen and oxygen atoms in total. The molecule has 0 bridgehead atoms. The summed E-state index contributed by atoms with van der Waals surface area (Å²) in [5, 5.41) is 20.5. The summed E-state index contributed by atoms with van der Waals surface area (Å²) in [4.78, 5) is 0. The van der Waals surface area contributed by atoms with Gasteiger partial charge in [-0.1, -0.05) is 24.5 Å². The summed E-state index contributed by atoms with van der Waals surface area (Å²) in [7, 11) is 0. The standard InChI is InChI=1S/C20H28O2/c1-3-20-11-9-16-15(17(20)6-7-18(20)22)5-4-13-12-14(21)8-10-19(13,16)2/h1,4,14-18,21-22H,5-12H2,2H3/t14-,15+,16-,17-,18-,19?,20?/m0/s1. The lowest BCUT2D eigenvalue weighted by Gasteiger charge is -2.57. The Morgan fingerprint density at radius 3 is 2.73 bits per heavy atom. The summed E-state index contributed by atoms with van der Waals surface area (Å²) in [6.07, 6.45) is 16.0. The number of aliphatic hydroxyl groups excluding tert-OH is 2. The van der Waals surface area contributed by atoms with Crippen LogP contribution in [0.1, 0.15) is 58.3 Å². The molecule has 0 aromatic carbocycles. The zero-order chi connectivity index (χ0) is 15.5. The van der Waals surface area contributed by atoms with Crippen LogP contribution in [-0.4, -0.2) is 22.4 Å². The second-order valence-corrected chi connectivity index (χ2v) is 8.47. The monoisotopic (exact) mass is 300 g/mol. The third-order valence-corrected chi connectivity index (χ3v) is 7.82. The predicted molar refractivity (Wildman–Crippen MR) is 86.9 cm³/mol. The molecule has 2 N–H and O–H groups in total. The molecule has 7 atom stereocenters. The van der Waals surface area contributed by atoms with Gasteiger partial charge in [-0.25, -0.2) is 0 Å². The van der Waals surface area contributed by atoms with E-state index in [2.05, 4.69) is 18.9 Å². The molecule has 0 heterocycles. The number of aliphatic hydroxyl groups is 2. The third kappa shape index (κ3) is 1.76. The number of fused-ring (bicyclic) bond motifs is 5. The number of allylic oxidation sites excluding steroid dienone is 1. The number of hydrogen-bond acceptors (Lipinski definition) is 2. The molecule has 0 aromatic rings. The molecular formula is C20H28O2. The van der Waals surface area contributed by atoms with E-state index < -0.39 is 0 Å². The molecule has 0 saturated heterocycles. The maximum atomic E-state index is 10.5. The van der Waals surface area contributed by atoms with E-state index in [9.17, 15) is 10.2 Å². The topological polar surface area (TPSA) is 40.5 Å². The Hall–Kier alpha value is -0.780. The van der Waals surface area contributed by atoms with Crippen LogP contribution in [0.5, 0.6) is 0 Å². The van der Waals surface area contributed by atoms with Crippen LogP contribution in [0.15, 0.2) is 11.6 Å². The van der Waals surface area contributed by atoms with Crippen molar-refractivity contribution in [3.05, 3.63) is 11.6 Å². The van der Waals surface area contributed by atoms with Crippen LogP contribution in [0.4, 0.5) is 0 Å². The molecule has 0 spiro atoms. The van der Waals surface area contributed by atoms with E-state index in [4.69, 9.17) is 6.42 Å². The fourth-order valence-electron chi connectivity index (χ4n) is 6.57. The lowest BCUT2D eigenvalue weighted by Crippen LogP contribution is -2.51. The maximum Gasteiger partial charge on any atom is 0.0708 e. The summed E-state index contributed by atoms with van der Waals surface area (Å²) in [5.41, 5.74) is 1.51. The van der Waals surface area contributed by atoms with Crippen molar-refractivity contribution in [2.75, 3.05) is 0 Å². The fourth-order valence-corrected chi connectivity index (χ4v) is 6.57. The van der Waals surface area contributed by atoms with Crippen molar-refractivity contribution in [3.63, 3.8) is 0 Å². The zero-order valence-electron chi connectivity index (χ0n) is 13.6. The summed E-state index contributed by atoms with van der Waals surface area (Å²) >= 11 is 0. The second-order valence-electron chi connectivity index (χ2n) is 8.47. The van der Waals surface area contributed by atoms with Crippen molar-refractivity contribution in [1.29, 1.82) is 0 Å². The van der Waals surface area contributed by atoms with Crippen molar-refractivity contribution in [2.24, 2.45) is 28.6 Å². The molecule has 2 heteroatoms. The molecule has 3 fully saturated rings. The molecule has 0 aliphatic heterocycles. The molecule has 0 radical (unpaired) electrons. The fraction of sp³-hybridized carbons (Fsp3) is 0.800. The van der Waals surface area contributed by atoms with Crippen LogP contribution < -0.4 is 0 Å². The highest BCUT2D eigenvalue weighted by molar-refractivity contribution is 5.28. The lowest BCUT2D eigenvalue weighted by atomic mass is 9.48. The van der Waals surface area contributed by atoms with Gasteiger partial charge in [-0.05, 0) is 74.5 Å². The molecule has 22 heavy (non-hydrogen) atoms. The van der Waals surface area contributed by atoms with Crippen molar-refractivity contribution in [2.45, 2.75) is 70.5 Å². The van der Waals surface area contributed by atoms with Crippen LogP contribution in [0.25, 0.3) is 0 Å². The summed E-state index contributed by atoms with van der Waals surface area (Å²) < 4.78 is 0. The zero-order valence-corrected chi connectivity index (χ0v) is 13.6. The van der Waals surface area contributed by atoms with E-state index in [-0.39, 0.29) is 23.0 Å². The normalized spacial score (nSPS) is 53.7. The van der Waals surface area contributed by atoms with E-state index in [1.165, 1.54) is 5.57 Å². The highest BCUT2D eigenvalue weighted by Crippen LogP contribution is 2.64. The van der Waals surface area contributed by atoms with Gasteiger partial charge in [0.2, 0.25) is 0 Å². The molecular weight excluding hydrogens is 272 g/mol. The van der Waals surface area contributed by atoms with Crippen molar-refractivity contribution in [1.82, 2.24) is 0 Å². The van der Waals surface area contributed by atoms with Crippen LogP contribution in [0, 0.1) is 40.9 Å². The minimum Gasteiger partial charge on any atom is -0.393 e. The molecule has 0 aromatic heterocycles. The van der Waals surface area contributed by atoms with Crippen LogP contribution in [-0.2, 0) is 0 Å². The van der Waals surface area contributed by atoms with Gasteiger partial charge in [0.05, 0.1) is 17.6 Å². The van der Waals surface area contributed by atoms with Gasteiger partial charge >= 0.3 is 0 Å². The molecule has 2 unspecified atom stereocenters. The van der Waals surface area contributed by atoms with E-state index in [1.54, 1.807) is 0 Å². The summed E-state index contributed by atoms with van der Waals surface area (Å²) in [6, 6.07) is 0. The molecule has 120 valence electrons. The Morgan fingerprint density at radius 2 is 1.95 bits per heavy atom. The predicted octanol–water partition coefficient (Wildman–Crippen LogP) is 3.28. The number of hydrogen-bond donors (Lipinski definition) is 2. The second kappa shape index (κ2) is 4.86. The quantitative estimate of drug-likeness (QED) is 0.532. The highest BCUT2D eigenvalue weighted by Gasteiger charge is 2.59. The van der Waals surface area contributed by atoms with Crippen molar-refractivity contribution < 1.29 is 10.2 Å². The SMILES string of the molecule is C#CC12CC[C@H]3[C@@H](CC=C4C[C@@H](O)CCC43C)[C@@H]1CC[C@@H]2O. The van der Waals surface area contributed by atoms with E-state index in [1.807, 2.05) is 0 Å². The Bertz CT molecular complexity index is 544. The molecule has 4 aliphatic rings. The minimum atomic E-state index is -0.296. The number of rotatable bonds is 0. The average Bonchev–Trinajstić information content (AvgIpc) is 2.86. The van der Waals surface area contributed by atoms with E-state index in [0.29, 0.717) is 17.8 Å². The van der Waals surface area contributed by atoms with Gasteiger partial charge in [0.15, 0.2) is 0 Å². The Labute approximate surface area is 134 Å². The van der Waals surface area contributed by atoms with Crippen LogP contribution in [0.2, 0.25) is 0 Å². The first kappa shape index (κ1) is 14.8. The average molecular weight is 300 g/mol. The molecule has 4 rings (SSSR count). The first-order valence-corrected chi connectivity index (χ1v) is 9.04. The first-order chi connectivity index (χ1) is 10.5. The van der Waals surface area contributed by atoms with Crippen molar-refractivity contribution in [3.8, 4) is 12.3 Å². The largest absolute Gasteiger partial charge is 0.393 e. The Morgan fingerprint density at radius 1 is 1.14 bits per heavy atom. The smallest absolute Gasteiger partial charge is 0.0708 e. The minimum absolute atomic E-state index is 0.141. The van der Waals surface area contributed by atoms with Gasteiger partial charge in [-0.2, -0.15) is 0 Å².